The monoisotopic (exact) mass is 319 g/mol. The van der Waals surface area contributed by atoms with Gasteiger partial charge in [-0.25, -0.2) is 0 Å². The molecule has 1 aromatic rings. The third kappa shape index (κ3) is 4.98. The molecule has 1 fully saturated rings. The number of amides is 1. The zero-order valence-corrected chi connectivity index (χ0v) is 13.7. The van der Waals surface area contributed by atoms with Gasteiger partial charge in [0.05, 0.1) is 12.5 Å². The Morgan fingerprint density at radius 1 is 1.22 bits per heavy atom. The molecular formula is C18H25NO4. The minimum Gasteiger partial charge on any atom is -0.492 e. The first kappa shape index (κ1) is 17.3. The van der Waals surface area contributed by atoms with Crippen molar-refractivity contribution in [2.24, 2.45) is 11.8 Å². The van der Waals surface area contributed by atoms with E-state index < -0.39 is 5.97 Å². The number of nitrogens with one attached hydrogen (secondary N) is 1. The molecule has 0 unspecified atom stereocenters. The third-order valence-electron chi connectivity index (χ3n) is 4.37. The summed E-state index contributed by atoms with van der Waals surface area (Å²) in [6.45, 7) is 5.12. The average molecular weight is 319 g/mol. The van der Waals surface area contributed by atoms with E-state index in [0.717, 1.165) is 5.75 Å². The lowest BCUT2D eigenvalue weighted by Gasteiger charge is -2.12. The predicted octanol–water partition coefficient (Wildman–Crippen LogP) is 2.81. The van der Waals surface area contributed by atoms with Gasteiger partial charge in [0.15, 0.2) is 0 Å². The van der Waals surface area contributed by atoms with Crippen LogP contribution < -0.4 is 10.1 Å². The van der Waals surface area contributed by atoms with Gasteiger partial charge in [-0.05, 0) is 42.9 Å². The van der Waals surface area contributed by atoms with E-state index in [1.54, 1.807) is 0 Å². The summed E-state index contributed by atoms with van der Waals surface area (Å²) in [5.41, 5.74) is 1.26. The van der Waals surface area contributed by atoms with E-state index in [4.69, 9.17) is 9.84 Å². The topological polar surface area (TPSA) is 75.6 Å². The molecule has 126 valence electrons. The zero-order chi connectivity index (χ0) is 16.8. The van der Waals surface area contributed by atoms with E-state index in [1.807, 2.05) is 24.3 Å². The lowest BCUT2D eigenvalue weighted by molar-refractivity contribution is -0.141. The molecule has 1 saturated carbocycles. The summed E-state index contributed by atoms with van der Waals surface area (Å²) in [7, 11) is 0. The van der Waals surface area contributed by atoms with Gasteiger partial charge < -0.3 is 15.2 Å². The lowest BCUT2D eigenvalue weighted by Crippen LogP contribution is -2.33. The van der Waals surface area contributed by atoms with E-state index in [2.05, 4.69) is 19.2 Å². The fourth-order valence-electron chi connectivity index (χ4n) is 2.88. The van der Waals surface area contributed by atoms with Crippen LogP contribution in [0.2, 0.25) is 0 Å². The Morgan fingerprint density at radius 2 is 1.87 bits per heavy atom. The van der Waals surface area contributed by atoms with Gasteiger partial charge in [0, 0.05) is 5.92 Å². The van der Waals surface area contributed by atoms with Gasteiger partial charge >= 0.3 is 5.97 Å². The molecule has 1 aliphatic carbocycles. The molecule has 5 nitrogen and oxygen atoms in total. The number of benzene rings is 1. The third-order valence-corrected chi connectivity index (χ3v) is 4.37. The summed E-state index contributed by atoms with van der Waals surface area (Å²) in [5, 5.41) is 11.8. The summed E-state index contributed by atoms with van der Waals surface area (Å²) >= 11 is 0. The number of hydrogen-bond acceptors (Lipinski definition) is 3. The number of aliphatic carboxylic acids is 1. The summed E-state index contributed by atoms with van der Waals surface area (Å²) in [5.74, 6) is -0.135. The quantitative estimate of drug-likeness (QED) is 0.758. The number of hydrogen-bond donors (Lipinski definition) is 2. The maximum atomic E-state index is 12.0. The number of carboxylic acid groups (broad SMARTS) is 1. The summed E-state index contributed by atoms with van der Waals surface area (Å²) in [4.78, 5) is 22.9. The molecule has 0 saturated heterocycles. The van der Waals surface area contributed by atoms with Crippen LogP contribution in [0.25, 0.3) is 0 Å². The van der Waals surface area contributed by atoms with E-state index in [0.29, 0.717) is 38.3 Å². The second-order valence-electron chi connectivity index (χ2n) is 6.41. The van der Waals surface area contributed by atoms with Gasteiger partial charge in [0.2, 0.25) is 5.91 Å². The molecule has 0 bridgehead atoms. The number of carbonyl (C=O) groups is 2. The van der Waals surface area contributed by atoms with Crippen LogP contribution in [0.1, 0.15) is 44.6 Å². The summed E-state index contributed by atoms with van der Waals surface area (Å²) < 4.78 is 5.60. The normalized spacial score (nSPS) is 20.5. The van der Waals surface area contributed by atoms with E-state index >= 15 is 0 Å². The number of rotatable bonds is 7. The molecule has 0 aliphatic heterocycles. The molecule has 0 heterocycles. The van der Waals surface area contributed by atoms with Gasteiger partial charge in [-0.2, -0.15) is 0 Å². The van der Waals surface area contributed by atoms with E-state index in [-0.39, 0.29) is 17.7 Å². The first-order valence-electron chi connectivity index (χ1n) is 8.20. The van der Waals surface area contributed by atoms with Crippen LogP contribution in [0, 0.1) is 11.8 Å². The van der Waals surface area contributed by atoms with Crippen LogP contribution in [0.15, 0.2) is 24.3 Å². The molecule has 23 heavy (non-hydrogen) atoms. The Morgan fingerprint density at radius 3 is 2.43 bits per heavy atom. The second-order valence-corrected chi connectivity index (χ2v) is 6.41. The molecule has 0 spiro atoms. The fourth-order valence-corrected chi connectivity index (χ4v) is 2.88. The van der Waals surface area contributed by atoms with Crippen molar-refractivity contribution in [1.82, 2.24) is 5.32 Å². The van der Waals surface area contributed by atoms with Gasteiger partial charge in [-0.1, -0.05) is 26.0 Å². The maximum absolute atomic E-state index is 12.0. The van der Waals surface area contributed by atoms with Crippen LogP contribution in [-0.2, 0) is 9.59 Å². The largest absolute Gasteiger partial charge is 0.492 e. The van der Waals surface area contributed by atoms with Crippen molar-refractivity contribution < 1.29 is 19.4 Å². The van der Waals surface area contributed by atoms with E-state index in [1.165, 1.54) is 5.56 Å². The van der Waals surface area contributed by atoms with Crippen LogP contribution in [0.4, 0.5) is 0 Å². The van der Waals surface area contributed by atoms with Crippen molar-refractivity contribution in [2.75, 3.05) is 13.2 Å². The van der Waals surface area contributed by atoms with Crippen LogP contribution in [0.5, 0.6) is 5.75 Å². The van der Waals surface area contributed by atoms with Crippen LogP contribution in [0.3, 0.4) is 0 Å². The Balaban J connectivity index is 1.67. The van der Waals surface area contributed by atoms with Crippen molar-refractivity contribution in [3.63, 3.8) is 0 Å². The van der Waals surface area contributed by atoms with Crippen LogP contribution >= 0.6 is 0 Å². The van der Waals surface area contributed by atoms with Crippen molar-refractivity contribution in [2.45, 2.75) is 39.0 Å². The van der Waals surface area contributed by atoms with E-state index in [9.17, 15) is 9.59 Å². The molecule has 1 amide bonds. The minimum absolute atomic E-state index is 0.0625. The van der Waals surface area contributed by atoms with Gasteiger partial charge in [-0.15, -0.1) is 0 Å². The standard InChI is InChI=1S/C18H25NO4/c1-12(2)13-5-7-16(8-6-13)23-10-9-19-17(20)14-3-4-15(11-14)18(21)22/h5-8,12,14-15H,3-4,9-11H2,1-2H3,(H,19,20)(H,21,22)/t14-,15+/m1/s1. The van der Waals surface area contributed by atoms with Gasteiger partial charge in [0.25, 0.3) is 0 Å². The minimum atomic E-state index is -0.798. The van der Waals surface area contributed by atoms with Crippen molar-refractivity contribution >= 4 is 11.9 Å². The Labute approximate surface area is 137 Å². The SMILES string of the molecule is CC(C)c1ccc(OCCNC(=O)[C@@H]2CC[C@H](C(=O)O)C2)cc1. The molecule has 1 aliphatic rings. The highest BCUT2D eigenvalue weighted by atomic mass is 16.5. The first-order valence-corrected chi connectivity index (χ1v) is 8.20. The molecular weight excluding hydrogens is 294 g/mol. The average Bonchev–Trinajstić information content (AvgIpc) is 3.02. The molecule has 2 rings (SSSR count). The molecule has 5 heteroatoms. The summed E-state index contributed by atoms with van der Waals surface area (Å²) in [6, 6.07) is 7.96. The van der Waals surface area contributed by atoms with Gasteiger partial charge in [-0.3, -0.25) is 9.59 Å². The number of ether oxygens (including phenoxy) is 1. The maximum Gasteiger partial charge on any atom is 0.306 e. The predicted molar refractivity (Wildman–Crippen MR) is 87.5 cm³/mol. The highest BCUT2D eigenvalue weighted by molar-refractivity contribution is 5.80. The number of carboxylic acids is 1. The molecule has 0 aromatic heterocycles. The fraction of sp³-hybridized carbons (Fsp3) is 0.556. The molecule has 2 N–H and O–H groups in total. The van der Waals surface area contributed by atoms with Crippen LogP contribution in [-0.4, -0.2) is 30.1 Å². The van der Waals surface area contributed by atoms with Crippen molar-refractivity contribution in [1.29, 1.82) is 0 Å². The highest BCUT2D eigenvalue weighted by Crippen LogP contribution is 2.31. The van der Waals surface area contributed by atoms with Crippen molar-refractivity contribution in [3.8, 4) is 5.75 Å². The highest BCUT2D eigenvalue weighted by Gasteiger charge is 2.33. The Kier molecular flexibility index (Phi) is 6.02. The summed E-state index contributed by atoms with van der Waals surface area (Å²) in [6.07, 6.45) is 1.69. The number of carbonyl (C=O) groups excluding carboxylic acids is 1. The van der Waals surface area contributed by atoms with Gasteiger partial charge in [0.1, 0.15) is 12.4 Å². The molecule has 1 aromatic carbocycles. The zero-order valence-electron chi connectivity index (χ0n) is 13.7. The smallest absolute Gasteiger partial charge is 0.306 e. The molecule has 2 atom stereocenters. The lowest BCUT2D eigenvalue weighted by atomic mass is 10.0. The Hall–Kier alpha value is -2.04. The Bertz CT molecular complexity index is 538. The first-order chi connectivity index (χ1) is 11.0. The van der Waals surface area contributed by atoms with Crippen molar-refractivity contribution in [3.05, 3.63) is 29.8 Å². The second kappa shape index (κ2) is 7.99. The molecule has 0 radical (unpaired) electrons.